The maximum atomic E-state index is 11.8. The maximum Gasteiger partial charge on any atom is 0.309 e. The van der Waals surface area contributed by atoms with Crippen LogP contribution in [0.5, 0.6) is 0 Å². The number of hydrogen-bond acceptors (Lipinski definition) is 5. The molecule has 122 valence electrons. The van der Waals surface area contributed by atoms with E-state index in [0.29, 0.717) is 18.0 Å². The highest BCUT2D eigenvalue weighted by Gasteiger charge is 2.14. The first kappa shape index (κ1) is 15.9. The van der Waals surface area contributed by atoms with Crippen LogP contribution in [-0.4, -0.2) is 17.0 Å². The van der Waals surface area contributed by atoms with Crippen molar-refractivity contribution in [2.24, 2.45) is 0 Å². The Kier molecular flexibility index (Phi) is 5.02. The second-order valence-electron chi connectivity index (χ2n) is 5.01. The van der Waals surface area contributed by atoms with Crippen molar-refractivity contribution < 1.29 is 14.1 Å². The Morgan fingerprint density at radius 3 is 2.46 bits per heavy atom. The number of thiophene rings is 1. The predicted octanol–water partition coefficient (Wildman–Crippen LogP) is 2.34. The van der Waals surface area contributed by atoms with Gasteiger partial charge in [0.2, 0.25) is 0 Å². The van der Waals surface area contributed by atoms with Crippen molar-refractivity contribution in [1.29, 1.82) is 0 Å². The van der Waals surface area contributed by atoms with Gasteiger partial charge in [-0.2, -0.15) is 0 Å². The molecule has 6 nitrogen and oxygen atoms in total. The molecule has 3 aromatic rings. The molecule has 0 radical (unpaired) electrons. The lowest BCUT2D eigenvalue weighted by molar-refractivity contribution is -0.139. The normalized spacial score (nSPS) is 10.3. The summed E-state index contributed by atoms with van der Waals surface area (Å²) in [4.78, 5) is 24.5. The molecule has 2 aromatic heterocycles. The van der Waals surface area contributed by atoms with Gasteiger partial charge in [-0.3, -0.25) is 9.59 Å². The van der Waals surface area contributed by atoms with Gasteiger partial charge >= 0.3 is 11.8 Å². The SMILES string of the molecule is O=C(NCc1ccccc1)C(=O)NCc1cc(-c2cccs2)on1. The Morgan fingerprint density at radius 1 is 1.00 bits per heavy atom. The van der Waals surface area contributed by atoms with E-state index in [1.807, 2.05) is 47.8 Å². The highest BCUT2D eigenvalue weighted by atomic mass is 32.1. The lowest BCUT2D eigenvalue weighted by Crippen LogP contribution is -2.39. The van der Waals surface area contributed by atoms with Crippen LogP contribution in [0.4, 0.5) is 0 Å². The van der Waals surface area contributed by atoms with Crippen molar-refractivity contribution in [3.63, 3.8) is 0 Å². The molecule has 2 N–H and O–H groups in total. The zero-order valence-electron chi connectivity index (χ0n) is 12.7. The minimum Gasteiger partial charge on any atom is -0.355 e. The fraction of sp³-hybridized carbons (Fsp3) is 0.118. The van der Waals surface area contributed by atoms with Crippen molar-refractivity contribution in [3.05, 3.63) is 65.2 Å². The topological polar surface area (TPSA) is 84.2 Å². The monoisotopic (exact) mass is 341 g/mol. The average Bonchev–Trinajstić information content (AvgIpc) is 3.29. The van der Waals surface area contributed by atoms with Gasteiger partial charge in [0.05, 0.1) is 11.4 Å². The van der Waals surface area contributed by atoms with Gasteiger partial charge in [-0.1, -0.05) is 41.6 Å². The molecule has 0 aliphatic heterocycles. The molecule has 0 aliphatic rings. The van der Waals surface area contributed by atoms with Crippen LogP contribution < -0.4 is 10.6 Å². The van der Waals surface area contributed by atoms with Crippen molar-refractivity contribution in [1.82, 2.24) is 15.8 Å². The van der Waals surface area contributed by atoms with E-state index < -0.39 is 11.8 Å². The standard InChI is InChI=1S/C17H15N3O3S/c21-16(18-10-12-5-2-1-3-6-12)17(22)19-11-13-9-14(23-20-13)15-7-4-8-24-15/h1-9H,10-11H2,(H,18,21)(H,19,22). The largest absolute Gasteiger partial charge is 0.355 e. The van der Waals surface area contributed by atoms with E-state index >= 15 is 0 Å². The predicted molar refractivity (Wildman–Crippen MR) is 90.0 cm³/mol. The molecule has 0 aliphatic carbocycles. The summed E-state index contributed by atoms with van der Waals surface area (Å²) >= 11 is 1.54. The Hall–Kier alpha value is -2.93. The molecular weight excluding hydrogens is 326 g/mol. The molecule has 0 fully saturated rings. The molecule has 0 atom stereocenters. The van der Waals surface area contributed by atoms with Crippen LogP contribution in [0.3, 0.4) is 0 Å². The summed E-state index contributed by atoms with van der Waals surface area (Å²) in [6.07, 6.45) is 0. The number of carbonyl (C=O) groups excluding carboxylic acids is 2. The quantitative estimate of drug-likeness (QED) is 0.698. The number of nitrogens with zero attached hydrogens (tertiary/aromatic N) is 1. The highest BCUT2D eigenvalue weighted by Crippen LogP contribution is 2.24. The Morgan fingerprint density at radius 2 is 1.75 bits per heavy atom. The summed E-state index contributed by atoms with van der Waals surface area (Å²) < 4.78 is 5.22. The Bertz CT molecular complexity index is 813. The Balaban J connectivity index is 1.47. The summed E-state index contributed by atoms with van der Waals surface area (Å²) in [6.45, 7) is 0.437. The van der Waals surface area contributed by atoms with Gasteiger partial charge in [0.15, 0.2) is 5.76 Å². The van der Waals surface area contributed by atoms with Gasteiger partial charge in [0, 0.05) is 12.6 Å². The molecule has 3 rings (SSSR count). The van der Waals surface area contributed by atoms with Crippen LogP contribution >= 0.6 is 11.3 Å². The van der Waals surface area contributed by atoms with Gasteiger partial charge in [0.25, 0.3) is 0 Å². The van der Waals surface area contributed by atoms with Crippen molar-refractivity contribution in [2.75, 3.05) is 0 Å². The highest BCUT2D eigenvalue weighted by molar-refractivity contribution is 7.13. The van der Waals surface area contributed by atoms with Crippen LogP contribution in [0, 0.1) is 0 Å². The van der Waals surface area contributed by atoms with E-state index in [4.69, 9.17) is 4.52 Å². The average molecular weight is 341 g/mol. The summed E-state index contributed by atoms with van der Waals surface area (Å²) in [5, 5.41) is 10.9. The third kappa shape index (κ3) is 4.08. The van der Waals surface area contributed by atoms with Crippen LogP contribution in [0.1, 0.15) is 11.3 Å². The van der Waals surface area contributed by atoms with E-state index in [1.165, 1.54) is 11.3 Å². The van der Waals surface area contributed by atoms with Gasteiger partial charge in [-0.25, -0.2) is 0 Å². The van der Waals surface area contributed by atoms with E-state index in [1.54, 1.807) is 6.07 Å². The van der Waals surface area contributed by atoms with Gasteiger partial charge in [-0.15, -0.1) is 11.3 Å². The molecule has 2 amide bonds. The van der Waals surface area contributed by atoms with Gasteiger partial charge < -0.3 is 15.2 Å². The molecule has 0 saturated carbocycles. The zero-order chi connectivity index (χ0) is 16.8. The van der Waals surface area contributed by atoms with E-state index in [9.17, 15) is 9.59 Å². The number of nitrogens with one attached hydrogen (secondary N) is 2. The molecule has 0 spiro atoms. The Labute approximate surface area is 142 Å². The van der Waals surface area contributed by atoms with Crippen LogP contribution in [0.25, 0.3) is 10.6 Å². The molecule has 7 heteroatoms. The van der Waals surface area contributed by atoms with Crippen LogP contribution in [0.2, 0.25) is 0 Å². The smallest absolute Gasteiger partial charge is 0.309 e. The number of carbonyl (C=O) groups is 2. The van der Waals surface area contributed by atoms with E-state index in [2.05, 4.69) is 15.8 Å². The first-order valence-corrected chi connectivity index (χ1v) is 8.20. The second-order valence-corrected chi connectivity index (χ2v) is 5.96. The second kappa shape index (κ2) is 7.56. The zero-order valence-corrected chi connectivity index (χ0v) is 13.5. The lowest BCUT2D eigenvalue weighted by Gasteiger charge is -2.05. The summed E-state index contributed by atoms with van der Waals surface area (Å²) in [5.41, 5.74) is 1.48. The molecule has 2 heterocycles. The number of aromatic nitrogens is 1. The minimum atomic E-state index is -0.702. The summed E-state index contributed by atoms with van der Waals surface area (Å²) in [7, 11) is 0. The maximum absolute atomic E-state index is 11.8. The fourth-order valence-electron chi connectivity index (χ4n) is 2.04. The number of amides is 2. The molecule has 1 aromatic carbocycles. The number of rotatable bonds is 5. The molecule has 0 saturated heterocycles. The van der Waals surface area contributed by atoms with E-state index in [0.717, 1.165) is 10.4 Å². The third-order valence-electron chi connectivity index (χ3n) is 3.26. The third-order valence-corrected chi connectivity index (χ3v) is 4.14. The van der Waals surface area contributed by atoms with Gasteiger partial charge in [-0.05, 0) is 17.0 Å². The summed E-state index contributed by atoms with van der Waals surface area (Å²) in [6, 6.07) is 15.0. The number of benzene rings is 1. The number of hydrogen-bond donors (Lipinski definition) is 2. The first-order chi connectivity index (χ1) is 11.7. The lowest BCUT2D eigenvalue weighted by atomic mass is 10.2. The van der Waals surface area contributed by atoms with Crippen molar-refractivity contribution >= 4 is 23.2 Å². The molecule has 0 bridgehead atoms. The van der Waals surface area contributed by atoms with Crippen LogP contribution in [-0.2, 0) is 22.7 Å². The summed E-state index contributed by atoms with van der Waals surface area (Å²) in [5.74, 6) is -0.741. The van der Waals surface area contributed by atoms with Crippen molar-refractivity contribution in [3.8, 4) is 10.6 Å². The molecule has 0 unspecified atom stereocenters. The fourth-order valence-corrected chi connectivity index (χ4v) is 2.71. The van der Waals surface area contributed by atoms with E-state index in [-0.39, 0.29) is 6.54 Å². The minimum absolute atomic E-state index is 0.131. The van der Waals surface area contributed by atoms with Crippen LogP contribution in [0.15, 0.2) is 58.4 Å². The first-order valence-electron chi connectivity index (χ1n) is 7.32. The molecule has 24 heavy (non-hydrogen) atoms. The van der Waals surface area contributed by atoms with Gasteiger partial charge in [0.1, 0.15) is 5.69 Å². The molecular formula is C17H15N3O3S. The van der Waals surface area contributed by atoms with Crippen molar-refractivity contribution in [2.45, 2.75) is 13.1 Å².